The summed E-state index contributed by atoms with van der Waals surface area (Å²) in [5, 5.41) is 8.02. The predicted molar refractivity (Wildman–Crippen MR) is 86.6 cm³/mol. The highest BCUT2D eigenvalue weighted by Gasteiger charge is 2.22. The largest absolute Gasteiger partial charge is 0.382 e. The summed E-state index contributed by atoms with van der Waals surface area (Å²) in [7, 11) is 0. The summed E-state index contributed by atoms with van der Waals surface area (Å²) >= 11 is 0. The fraction of sp³-hybridized carbons (Fsp3) is 0.235. The summed E-state index contributed by atoms with van der Waals surface area (Å²) in [4.78, 5) is 8.27. The van der Waals surface area contributed by atoms with Crippen LogP contribution >= 0.6 is 0 Å². The number of hydrogen-bond donors (Lipinski definition) is 2. The van der Waals surface area contributed by atoms with Crippen LogP contribution in [0.5, 0.6) is 0 Å². The van der Waals surface area contributed by atoms with Crippen LogP contribution in [-0.2, 0) is 12.8 Å². The summed E-state index contributed by atoms with van der Waals surface area (Å²) in [6, 6.07) is 7.63. The third-order valence-electron chi connectivity index (χ3n) is 4.30. The minimum absolute atomic E-state index is 0.530. The third kappa shape index (κ3) is 1.85. The van der Waals surface area contributed by atoms with E-state index in [1.54, 1.807) is 0 Å². The molecule has 0 spiro atoms. The number of aryl methyl sites for hydroxylation is 1. The zero-order chi connectivity index (χ0) is 15.1. The lowest BCUT2D eigenvalue weighted by Crippen LogP contribution is -2.07. The number of fused-ring (bicyclic) bond motifs is 3. The first-order valence-corrected chi connectivity index (χ1v) is 7.41. The van der Waals surface area contributed by atoms with Crippen LogP contribution in [0.1, 0.15) is 24.0 Å². The van der Waals surface area contributed by atoms with Gasteiger partial charge in [-0.25, -0.2) is 9.83 Å². The maximum absolute atomic E-state index is 7.20. The van der Waals surface area contributed by atoms with Crippen LogP contribution in [-0.4, -0.2) is 15.2 Å². The Hall–Kier alpha value is -2.87. The molecule has 0 unspecified atom stereocenters. The lowest BCUT2D eigenvalue weighted by molar-refractivity contribution is 0.689. The number of nitrogens with zero attached hydrogens (tertiary/aromatic N) is 3. The number of benzene rings is 1. The Morgan fingerprint density at radius 2 is 2.00 bits per heavy atom. The number of hydrogen-bond acceptors (Lipinski definition) is 3. The average Bonchev–Trinajstić information content (AvgIpc) is 2.95. The van der Waals surface area contributed by atoms with E-state index >= 15 is 0 Å². The Morgan fingerprint density at radius 3 is 2.82 bits per heavy atom. The summed E-state index contributed by atoms with van der Waals surface area (Å²) < 4.78 is 0. The van der Waals surface area contributed by atoms with Gasteiger partial charge in [0.25, 0.3) is 0 Å². The van der Waals surface area contributed by atoms with Crippen molar-refractivity contribution in [2.24, 2.45) is 0 Å². The molecular weight excluding hydrogens is 274 g/mol. The minimum atomic E-state index is 0.530. The maximum Gasteiger partial charge on any atom is 0.187 e. The molecule has 22 heavy (non-hydrogen) atoms. The molecule has 2 aromatic heterocycles. The van der Waals surface area contributed by atoms with Crippen molar-refractivity contribution in [1.29, 1.82) is 0 Å². The van der Waals surface area contributed by atoms with Crippen LogP contribution in [0.4, 0.5) is 11.5 Å². The second kappa shape index (κ2) is 4.85. The molecule has 0 bridgehead atoms. The lowest BCUT2D eigenvalue weighted by atomic mass is 9.87. The summed E-state index contributed by atoms with van der Waals surface area (Å²) in [5.74, 6) is 0.530. The number of nitrogen functional groups attached to an aromatic ring is 1. The van der Waals surface area contributed by atoms with Crippen molar-refractivity contribution in [2.75, 3.05) is 5.73 Å². The molecule has 0 saturated heterocycles. The molecule has 1 aliphatic rings. The molecule has 108 valence electrons. The lowest BCUT2D eigenvalue weighted by Gasteiger charge is -2.20. The topological polar surface area (TPSA) is 72.0 Å². The molecule has 5 heteroatoms. The van der Waals surface area contributed by atoms with Gasteiger partial charge in [-0.05, 0) is 48.4 Å². The number of anilines is 1. The van der Waals surface area contributed by atoms with Crippen molar-refractivity contribution in [2.45, 2.75) is 25.7 Å². The van der Waals surface area contributed by atoms with Crippen molar-refractivity contribution >= 4 is 22.5 Å². The molecule has 0 fully saturated rings. The quantitative estimate of drug-likeness (QED) is 0.672. The Morgan fingerprint density at radius 1 is 1.18 bits per heavy atom. The van der Waals surface area contributed by atoms with Gasteiger partial charge in [-0.1, -0.05) is 18.2 Å². The van der Waals surface area contributed by atoms with E-state index in [9.17, 15) is 0 Å². The number of nitrogens with one attached hydrogen (secondary N) is 1. The van der Waals surface area contributed by atoms with Gasteiger partial charge in [0.15, 0.2) is 17.2 Å². The van der Waals surface area contributed by atoms with E-state index in [0.717, 1.165) is 48.0 Å². The standard InChI is InChI=1S/C17H15N5/c1-19-11-6-4-5-10(9-11)15-13-8-3-2-7-12(13)14-16(18)21-22-17(14)20-15/h4-6,9H,2-3,7-8H2,(H3,18,20,21,22). The smallest absolute Gasteiger partial charge is 0.187 e. The van der Waals surface area contributed by atoms with E-state index in [4.69, 9.17) is 17.3 Å². The highest BCUT2D eigenvalue weighted by atomic mass is 15.2. The monoisotopic (exact) mass is 289 g/mol. The first kappa shape index (κ1) is 12.8. The van der Waals surface area contributed by atoms with E-state index < -0.39 is 0 Å². The Bertz CT molecular complexity index is 917. The fourth-order valence-corrected chi connectivity index (χ4v) is 3.31. The van der Waals surface area contributed by atoms with Gasteiger partial charge >= 0.3 is 0 Å². The molecule has 0 saturated carbocycles. The molecule has 2 heterocycles. The number of aromatic amines is 1. The molecule has 0 aliphatic heterocycles. The van der Waals surface area contributed by atoms with E-state index in [1.165, 1.54) is 11.1 Å². The van der Waals surface area contributed by atoms with E-state index in [0.29, 0.717) is 11.5 Å². The van der Waals surface area contributed by atoms with Crippen LogP contribution in [0.3, 0.4) is 0 Å². The zero-order valence-electron chi connectivity index (χ0n) is 12.1. The number of aromatic nitrogens is 3. The summed E-state index contributed by atoms with van der Waals surface area (Å²) in [6.07, 6.45) is 4.33. The van der Waals surface area contributed by atoms with Crippen LogP contribution < -0.4 is 5.73 Å². The number of nitrogens with two attached hydrogens (primary N) is 1. The molecule has 5 nitrogen and oxygen atoms in total. The predicted octanol–water partition coefficient (Wildman–Crippen LogP) is 3.64. The van der Waals surface area contributed by atoms with Gasteiger partial charge in [0, 0.05) is 0 Å². The molecule has 4 rings (SSSR count). The molecule has 0 radical (unpaired) electrons. The van der Waals surface area contributed by atoms with Crippen molar-refractivity contribution < 1.29 is 0 Å². The van der Waals surface area contributed by atoms with Crippen molar-refractivity contribution in [3.63, 3.8) is 0 Å². The van der Waals surface area contributed by atoms with E-state index in [-0.39, 0.29) is 0 Å². The average molecular weight is 289 g/mol. The van der Waals surface area contributed by atoms with E-state index in [2.05, 4.69) is 15.0 Å². The first-order chi connectivity index (χ1) is 10.8. The molecule has 3 N–H and O–H groups in total. The van der Waals surface area contributed by atoms with Crippen molar-refractivity contribution in [1.82, 2.24) is 15.2 Å². The van der Waals surface area contributed by atoms with Gasteiger partial charge in [0.2, 0.25) is 0 Å². The molecule has 0 amide bonds. The second-order valence-electron chi connectivity index (χ2n) is 5.62. The SMILES string of the molecule is [C-]#[N+]c1cccc(-c2nc3[nH]nc(N)c3c3c2CCCC3)c1. The van der Waals surface area contributed by atoms with Gasteiger partial charge in [-0.2, -0.15) is 5.10 Å². The van der Waals surface area contributed by atoms with Gasteiger partial charge in [0.1, 0.15) is 0 Å². The van der Waals surface area contributed by atoms with Crippen LogP contribution in [0, 0.1) is 6.57 Å². The zero-order valence-corrected chi connectivity index (χ0v) is 12.1. The molecule has 1 aliphatic carbocycles. The van der Waals surface area contributed by atoms with Crippen LogP contribution in [0.25, 0.3) is 27.1 Å². The van der Waals surface area contributed by atoms with Gasteiger partial charge < -0.3 is 5.73 Å². The van der Waals surface area contributed by atoms with E-state index in [1.807, 2.05) is 24.3 Å². The minimum Gasteiger partial charge on any atom is -0.382 e. The fourth-order valence-electron chi connectivity index (χ4n) is 3.31. The maximum atomic E-state index is 7.20. The molecular formula is C17H15N5. The number of rotatable bonds is 1. The second-order valence-corrected chi connectivity index (χ2v) is 5.62. The summed E-state index contributed by atoms with van der Waals surface area (Å²) in [5.41, 5.74) is 11.9. The first-order valence-electron chi connectivity index (χ1n) is 7.41. The summed E-state index contributed by atoms with van der Waals surface area (Å²) in [6.45, 7) is 7.20. The van der Waals surface area contributed by atoms with Gasteiger partial charge in [-0.3, -0.25) is 5.10 Å². The number of H-pyrrole nitrogens is 1. The van der Waals surface area contributed by atoms with Crippen molar-refractivity contribution in [3.05, 3.63) is 46.8 Å². The molecule has 0 atom stereocenters. The van der Waals surface area contributed by atoms with Gasteiger partial charge in [0.05, 0.1) is 17.7 Å². The molecule has 1 aromatic carbocycles. The van der Waals surface area contributed by atoms with Crippen molar-refractivity contribution in [3.8, 4) is 11.3 Å². The molecule has 3 aromatic rings. The highest BCUT2D eigenvalue weighted by molar-refractivity contribution is 5.93. The van der Waals surface area contributed by atoms with Gasteiger partial charge in [-0.15, -0.1) is 0 Å². The Kier molecular flexibility index (Phi) is 2.83. The highest BCUT2D eigenvalue weighted by Crippen LogP contribution is 2.37. The third-order valence-corrected chi connectivity index (χ3v) is 4.30. The van der Waals surface area contributed by atoms with Crippen LogP contribution in [0.2, 0.25) is 0 Å². The number of pyridine rings is 1. The Labute approximate surface area is 128 Å². The normalized spacial score (nSPS) is 13.8. The van der Waals surface area contributed by atoms with Crippen LogP contribution in [0.15, 0.2) is 24.3 Å². The Balaban J connectivity index is 2.03.